The van der Waals surface area contributed by atoms with Crippen molar-refractivity contribution in [1.29, 1.82) is 0 Å². The van der Waals surface area contributed by atoms with Gasteiger partial charge in [0.2, 0.25) is 0 Å². The Morgan fingerprint density at radius 2 is 1.66 bits per heavy atom. The molecule has 0 amide bonds. The highest BCUT2D eigenvalue weighted by molar-refractivity contribution is 7.18. The van der Waals surface area contributed by atoms with E-state index in [4.69, 9.17) is 4.74 Å². The molecule has 4 nitrogen and oxygen atoms in total. The Morgan fingerprint density at radius 3 is 2.38 bits per heavy atom. The minimum atomic E-state index is -0.808. The van der Waals surface area contributed by atoms with Crippen molar-refractivity contribution in [2.45, 2.75) is 25.4 Å². The number of hydrogen-bond acceptors (Lipinski definition) is 4. The summed E-state index contributed by atoms with van der Waals surface area (Å²) in [7, 11) is 0. The summed E-state index contributed by atoms with van der Waals surface area (Å²) in [5, 5.41) is 10.3. The molecule has 1 atom stereocenters. The van der Waals surface area contributed by atoms with Gasteiger partial charge in [-0.3, -0.25) is 4.79 Å². The first kappa shape index (κ1) is 19.2. The molecule has 0 spiro atoms. The van der Waals surface area contributed by atoms with Crippen LogP contribution < -0.4 is 4.74 Å². The molecular formula is C24H21NO3S. The van der Waals surface area contributed by atoms with Gasteiger partial charge in [-0.15, -0.1) is 11.3 Å². The Hall–Kier alpha value is -3.18. The molecule has 0 aliphatic carbocycles. The van der Waals surface area contributed by atoms with E-state index in [9.17, 15) is 9.90 Å². The van der Waals surface area contributed by atoms with Gasteiger partial charge in [-0.25, -0.2) is 4.98 Å². The third kappa shape index (κ3) is 5.00. The molecule has 0 fully saturated rings. The van der Waals surface area contributed by atoms with Gasteiger partial charge in [0.05, 0.1) is 21.6 Å². The summed E-state index contributed by atoms with van der Waals surface area (Å²) in [6.07, 6.45) is 0.692. The zero-order valence-corrected chi connectivity index (χ0v) is 16.6. The first-order valence-electron chi connectivity index (χ1n) is 9.50. The van der Waals surface area contributed by atoms with Crippen LogP contribution in [0.4, 0.5) is 0 Å². The second-order valence-corrected chi connectivity index (χ2v) is 8.00. The van der Waals surface area contributed by atoms with Crippen molar-refractivity contribution < 1.29 is 14.6 Å². The summed E-state index contributed by atoms with van der Waals surface area (Å²) < 4.78 is 6.92. The van der Waals surface area contributed by atoms with Gasteiger partial charge >= 0.3 is 5.97 Å². The molecule has 1 N–H and O–H groups in total. The van der Waals surface area contributed by atoms with E-state index < -0.39 is 5.97 Å². The molecule has 1 aromatic heterocycles. The van der Waals surface area contributed by atoms with Gasteiger partial charge in [0.15, 0.2) is 0 Å². The molecular weight excluding hydrogens is 382 g/mol. The molecule has 4 aromatic rings. The van der Waals surface area contributed by atoms with Crippen LogP contribution in [0.25, 0.3) is 10.2 Å². The quantitative estimate of drug-likeness (QED) is 0.411. The summed E-state index contributed by atoms with van der Waals surface area (Å²) >= 11 is 1.58. The van der Waals surface area contributed by atoms with Crippen LogP contribution in [0.15, 0.2) is 78.9 Å². The minimum Gasteiger partial charge on any atom is -0.489 e. The summed E-state index contributed by atoms with van der Waals surface area (Å²) in [5.74, 6) is -0.162. The van der Waals surface area contributed by atoms with E-state index >= 15 is 0 Å². The SMILES string of the molecule is O=C(O)CC(Cc1ccc(OCc2ccccc2)cc1)c1nc2ccccc2s1. The molecule has 0 saturated carbocycles. The number of aliphatic carboxylic acids is 1. The number of aromatic nitrogens is 1. The standard InChI is InChI=1S/C24H21NO3S/c26-23(27)15-19(24-25-21-8-4-5-9-22(21)29-24)14-17-10-12-20(13-11-17)28-16-18-6-2-1-3-7-18/h1-13,19H,14-16H2,(H,26,27). The molecule has 0 bridgehead atoms. The van der Waals surface area contributed by atoms with Crippen molar-refractivity contribution in [2.75, 3.05) is 0 Å². The second-order valence-electron chi connectivity index (χ2n) is 6.94. The van der Waals surface area contributed by atoms with Crippen LogP contribution in [-0.2, 0) is 17.8 Å². The first-order chi connectivity index (χ1) is 14.2. The number of carbonyl (C=O) groups is 1. The molecule has 0 aliphatic heterocycles. The zero-order valence-electron chi connectivity index (χ0n) is 15.8. The lowest BCUT2D eigenvalue weighted by molar-refractivity contribution is -0.137. The van der Waals surface area contributed by atoms with Gasteiger partial charge in [-0.05, 0) is 41.8 Å². The lowest BCUT2D eigenvalue weighted by Gasteiger charge is -2.13. The number of fused-ring (bicyclic) bond motifs is 1. The number of ether oxygens (including phenoxy) is 1. The lowest BCUT2D eigenvalue weighted by atomic mass is 9.96. The summed E-state index contributed by atoms with van der Waals surface area (Å²) in [5.41, 5.74) is 3.11. The van der Waals surface area contributed by atoms with E-state index in [0.717, 1.165) is 32.1 Å². The van der Waals surface area contributed by atoms with Crippen LogP contribution in [0, 0.1) is 0 Å². The summed E-state index contributed by atoms with van der Waals surface area (Å²) in [6, 6.07) is 25.8. The zero-order chi connectivity index (χ0) is 20.1. The van der Waals surface area contributed by atoms with Gasteiger partial charge < -0.3 is 9.84 Å². The fraction of sp³-hybridized carbons (Fsp3) is 0.167. The Bertz CT molecular complexity index is 1060. The predicted octanol–water partition coefficient (Wildman–Crippen LogP) is 5.68. The molecule has 29 heavy (non-hydrogen) atoms. The highest BCUT2D eigenvalue weighted by Crippen LogP contribution is 2.32. The van der Waals surface area contributed by atoms with E-state index in [1.165, 1.54) is 0 Å². The minimum absolute atomic E-state index is 0.0616. The fourth-order valence-electron chi connectivity index (χ4n) is 3.27. The van der Waals surface area contributed by atoms with Crippen molar-refractivity contribution in [2.24, 2.45) is 0 Å². The molecule has 4 rings (SSSR count). The number of benzene rings is 3. The third-order valence-electron chi connectivity index (χ3n) is 4.73. The van der Waals surface area contributed by atoms with Crippen LogP contribution >= 0.6 is 11.3 Å². The van der Waals surface area contributed by atoms with Crippen molar-refractivity contribution in [3.63, 3.8) is 0 Å². The van der Waals surface area contributed by atoms with Crippen molar-refractivity contribution in [3.8, 4) is 5.75 Å². The smallest absolute Gasteiger partial charge is 0.304 e. The van der Waals surface area contributed by atoms with E-state index in [1.54, 1.807) is 11.3 Å². The average Bonchev–Trinajstić information content (AvgIpc) is 3.17. The van der Waals surface area contributed by atoms with Crippen molar-refractivity contribution in [1.82, 2.24) is 4.98 Å². The Kier molecular flexibility index (Phi) is 5.86. The highest BCUT2D eigenvalue weighted by atomic mass is 32.1. The largest absolute Gasteiger partial charge is 0.489 e. The van der Waals surface area contributed by atoms with E-state index in [-0.39, 0.29) is 12.3 Å². The number of carboxylic acid groups (broad SMARTS) is 1. The number of rotatable bonds is 8. The molecule has 5 heteroatoms. The van der Waals surface area contributed by atoms with Gasteiger partial charge in [-0.1, -0.05) is 54.6 Å². The number of nitrogens with zero attached hydrogens (tertiary/aromatic N) is 1. The Balaban J connectivity index is 1.46. The van der Waals surface area contributed by atoms with Crippen LogP contribution in [0.3, 0.4) is 0 Å². The third-order valence-corrected chi connectivity index (χ3v) is 5.93. The summed E-state index contributed by atoms with van der Waals surface area (Å²) in [6.45, 7) is 0.521. The van der Waals surface area contributed by atoms with E-state index in [1.807, 2.05) is 78.9 Å². The number of hydrogen-bond donors (Lipinski definition) is 1. The Labute approximate surface area is 173 Å². The molecule has 1 heterocycles. The van der Waals surface area contributed by atoms with Crippen molar-refractivity contribution >= 4 is 27.5 Å². The predicted molar refractivity (Wildman–Crippen MR) is 116 cm³/mol. The molecule has 0 aliphatic rings. The van der Waals surface area contributed by atoms with Gasteiger partial charge in [0, 0.05) is 5.92 Å². The number of para-hydroxylation sites is 1. The second kappa shape index (κ2) is 8.88. The molecule has 3 aromatic carbocycles. The lowest BCUT2D eigenvalue weighted by Crippen LogP contribution is -2.09. The van der Waals surface area contributed by atoms with Gasteiger partial charge in [-0.2, -0.15) is 0 Å². The molecule has 1 unspecified atom stereocenters. The van der Waals surface area contributed by atoms with Crippen LogP contribution in [-0.4, -0.2) is 16.1 Å². The fourth-order valence-corrected chi connectivity index (χ4v) is 4.34. The van der Waals surface area contributed by atoms with E-state index in [2.05, 4.69) is 4.98 Å². The number of thiazole rings is 1. The van der Waals surface area contributed by atoms with Crippen LogP contribution in [0.1, 0.15) is 28.5 Å². The number of carboxylic acids is 1. The Morgan fingerprint density at radius 1 is 0.931 bits per heavy atom. The molecule has 0 radical (unpaired) electrons. The van der Waals surface area contributed by atoms with Gasteiger partial charge in [0.25, 0.3) is 0 Å². The van der Waals surface area contributed by atoms with Crippen LogP contribution in [0.5, 0.6) is 5.75 Å². The first-order valence-corrected chi connectivity index (χ1v) is 10.3. The maximum atomic E-state index is 11.4. The van der Waals surface area contributed by atoms with Crippen LogP contribution in [0.2, 0.25) is 0 Å². The summed E-state index contributed by atoms with van der Waals surface area (Å²) in [4.78, 5) is 16.1. The normalized spacial score (nSPS) is 12.0. The van der Waals surface area contributed by atoms with E-state index in [0.29, 0.717) is 13.0 Å². The maximum absolute atomic E-state index is 11.4. The van der Waals surface area contributed by atoms with Crippen molar-refractivity contribution in [3.05, 3.63) is 95.0 Å². The maximum Gasteiger partial charge on any atom is 0.304 e. The highest BCUT2D eigenvalue weighted by Gasteiger charge is 2.20. The average molecular weight is 404 g/mol. The molecule has 0 saturated heterocycles. The topological polar surface area (TPSA) is 59.4 Å². The van der Waals surface area contributed by atoms with Gasteiger partial charge in [0.1, 0.15) is 12.4 Å². The monoisotopic (exact) mass is 403 g/mol. The molecule has 146 valence electrons.